The van der Waals surface area contributed by atoms with Crippen LogP contribution < -0.4 is 0 Å². The normalized spacial score (nSPS) is 12.6. The molecule has 2 rings (SSSR count). The van der Waals surface area contributed by atoms with Gasteiger partial charge in [0.25, 0.3) is 0 Å². The average molecular weight is 220 g/mol. The van der Waals surface area contributed by atoms with Crippen LogP contribution >= 0.6 is 0 Å². The molecule has 0 amide bonds. The lowest BCUT2D eigenvalue weighted by atomic mass is 10.2. The van der Waals surface area contributed by atoms with Crippen molar-refractivity contribution >= 4 is 0 Å². The Balaban J connectivity index is 1.95. The highest BCUT2D eigenvalue weighted by Gasteiger charge is 2.09. The van der Waals surface area contributed by atoms with Crippen molar-refractivity contribution in [2.45, 2.75) is 19.6 Å². The van der Waals surface area contributed by atoms with E-state index in [9.17, 15) is 4.39 Å². The molecule has 1 atom stereocenters. The maximum absolute atomic E-state index is 13.3. The zero-order valence-electron chi connectivity index (χ0n) is 9.02. The van der Waals surface area contributed by atoms with Crippen molar-refractivity contribution in [1.29, 1.82) is 0 Å². The lowest BCUT2D eigenvalue weighted by Crippen LogP contribution is -2.00. The Morgan fingerprint density at radius 3 is 2.75 bits per heavy atom. The van der Waals surface area contributed by atoms with E-state index in [-0.39, 0.29) is 18.5 Å². The first-order chi connectivity index (χ1) is 7.77. The minimum Gasteiger partial charge on any atom is -0.467 e. The SMILES string of the molecule is CC(OCc1ccccc1F)c1ccco1. The van der Waals surface area contributed by atoms with Crippen LogP contribution in [0.2, 0.25) is 0 Å². The highest BCUT2D eigenvalue weighted by molar-refractivity contribution is 5.16. The molecule has 0 bridgehead atoms. The Morgan fingerprint density at radius 1 is 1.25 bits per heavy atom. The summed E-state index contributed by atoms with van der Waals surface area (Å²) in [5, 5.41) is 0. The van der Waals surface area contributed by atoms with E-state index in [0.717, 1.165) is 5.76 Å². The summed E-state index contributed by atoms with van der Waals surface area (Å²) in [6.07, 6.45) is 1.42. The van der Waals surface area contributed by atoms with Crippen molar-refractivity contribution < 1.29 is 13.5 Å². The van der Waals surface area contributed by atoms with Crippen LogP contribution in [0.15, 0.2) is 47.1 Å². The molecule has 2 nitrogen and oxygen atoms in total. The number of ether oxygens (including phenoxy) is 1. The summed E-state index contributed by atoms with van der Waals surface area (Å²) in [5.74, 6) is 0.505. The third-order valence-electron chi connectivity index (χ3n) is 2.39. The first-order valence-electron chi connectivity index (χ1n) is 5.16. The molecule has 1 aromatic heterocycles. The highest BCUT2D eigenvalue weighted by Crippen LogP contribution is 2.19. The number of rotatable bonds is 4. The predicted octanol–water partition coefficient (Wildman–Crippen LogP) is 3.70. The van der Waals surface area contributed by atoms with Gasteiger partial charge in [0.15, 0.2) is 0 Å². The number of hydrogen-bond acceptors (Lipinski definition) is 2. The van der Waals surface area contributed by atoms with Gasteiger partial charge in [0.05, 0.1) is 12.9 Å². The Bertz CT molecular complexity index is 437. The third kappa shape index (κ3) is 2.49. The Kier molecular flexibility index (Phi) is 3.37. The molecule has 84 valence electrons. The summed E-state index contributed by atoms with van der Waals surface area (Å²) >= 11 is 0. The zero-order chi connectivity index (χ0) is 11.4. The molecule has 0 saturated carbocycles. The fraction of sp³-hybridized carbons (Fsp3) is 0.231. The van der Waals surface area contributed by atoms with Gasteiger partial charge in [-0.15, -0.1) is 0 Å². The highest BCUT2D eigenvalue weighted by atomic mass is 19.1. The summed E-state index contributed by atoms with van der Waals surface area (Å²) in [4.78, 5) is 0. The molecular formula is C13H13FO2. The number of hydrogen-bond donors (Lipinski definition) is 0. The van der Waals surface area contributed by atoms with Gasteiger partial charge < -0.3 is 9.15 Å². The van der Waals surface area contributed by atoms with E-state index in [1.165, 1.54) is 6.07 Å². The second-order valence-electron chi connectivity index (χ2n) is 3.56. The number of furan rings is 1. The van der Waals surface area contributed by atoms with Crippen LogP contribution in [0, 0.1) is 5.82 Å². The molecule has 0 spiro atoms. The van der Waals surface area contributed by atoms with Crippen molar-refractivity contribution in [3.05, 3.63) is 59.8 Å². The van der Waals surface area contributed by atoms with E-state index < -0.39 is 0 Å². The van der Waals surface area contributed by atoms with Crippen LogP contribution in [0.25, 0.3) is 0 Å². The standard InChI is InChI=1S/C13H13FO2/c1-10(13-7-4-8-15-13)16-9-11-5-2-3-6-12(11)14/h2-8,10H,9H2,1H3. The molecule has 1 unspecified atom stereocenters. The van der Waals surface area contributed by atoms with Crippen LogP contribution in [0.4, 0.5) is 4.39 Å². The van der Waals surface area contributed by atoms with Crippen molar-refractivity contribution in [3.8, 4) is 0 Å². The fourth-order valence-electron chi connectivity index (χ4n) is 1.43. The van der Waals surface area contributed by atoms with Crippen LogP contribution in [-0.2, 0) is 11.3 Å². The molecule has 2 aromatic rings. The molecule has 1 aromatic carbocycles. The van der Waals surface area contributed by atoms with E-state index in [4.69, 9.17) is 9.15 Å². The molecule has 0 saturated heterocycles. The molecule has 0 fully saturated rings. The molecule has 0 aliphatic carbocycles. The Hall–Kier alpha value is -1.61. The van der Waals surface area contributed by atoms with Crippen molar-refractivity contribution in [2.24, 2.45) is 0 Å². The molecule has 0 aliphatic heterocycles. The van der Waals surface area contributed by atoms with Crippen LogP contribution in [0.1, 0.15) is 24.4 Å². The monoisotopic (exact) mass is 220 g/mol. The second kappa shape index (κ2) is 4.94. The van der Waals surface area contributed by atoms with E-state index in [0.29, 0.717) is 5.56 Å². The number of halogens is 1. The minimum absolute atomic E-state index is 0.172. The van der Waals surface area contributed by atoms with E-state index in [2.05, 4.69) is 0 Å². The van der Waals surface area contributed by atoms with Crippen molar-refractivity contribution in [1.82, 2.24) is 0 Å². The van der Waals surface area contributed by atoms with Gasteiger partial charge in [-0.2, -0.15) is 0 Å². The average Bonchev–Trinajstić information content (AvgIpc) is 2.81. The topological polar surface area (TPSA) is 22.4 Å². The van der Waals surface area contributed by atoms with Gasteiger partial charge in [-0.1, -0.05) is 18.2 Å². The molecule has 16 heavy (non-hydrogen) atoms. The largest absolute Gasteiger partial charge is 0.467 e. The lowest BCUT2D eigenvalue weighted by Gasteiger charge is -2.10. The van der Waals surface area contributed by atoms with Crippen LogP contribution in [0.5, 0.6) is 0 Å². The van der Waals surface area contributed by atoms with E-state index >= 15 is 0 Å². The number of benzene rings is 1. The van der Waals surface area contributed by atoms with Crippen molar-refractivity contribution in [3.63, 3.8) is 0 Å². The fourth-order valence-corrected chi connectivity index (χ4v) is 1.43. The molecule has 1 heterocycles. The van der Waals surface area contributed by atoms with Gasteiger partial charge in [-0.05, 0) is 25.1 Å². The van der Waals surface area contributed by atoms with Gasteiger partial charge in [-0.3, -0.25) is 0 Å². The van der Waals surface area contributed by atoms with Gasteiger partial charge in [-0.25, -0.2) is 4.39 Å². The zero-order valence-corrected chi connectivity index (χ0v) is 9.02. The van der Waals surface area contributed by atoms with Crippen LogP contribution in [-0.4, -0.2) is 0 Å². The lowest BCUT2D eigenvalue weighted by molar-refractivity contribution is 0.0366. The molecular weight excluding hydrogens is 207 g/mol. The molecule has 0 radical (unpaired) electrons. The van der Waals surface area contributed by atoms with Gasteiger partial charge >= 0.3 is 0 Å². The minimum atomic E-state index is -0.242. The first-order valence-corrected chi connectivity index (χ1v) is 5.16. The van der Waals surface area contributed by atoms with Crippen molar-refractivity contribution in [2.75, 3.05) is 0 Å². The smallest absolute Gasteiger partial charge is 0.132 e. The molecule has 3 heteroatoms. The quantitative estimate of drug-likeness (QED) is 0.783. The summed E-state index contributed by atoms with van der Waals surface area (Å²) in [5.41, 5.74) is 0.556. The van der Waals surface area contributed by atoms with Gasteiger partial charge in [0.2, 0.25) is 0 Å². The van der Waals surface area contributed by atoms with Gasteiger partial charge in [0, 0.05) is 5.56 Å². The summed E-state index contributed by atoms with van der Waals surface area (Å²) < 4.78 is 24.0. The summed E-state index contributed by atoms with van der Waals surface area (Å²) in [7, 11) is 0. The molecule has 0 N–H and O–H groups in total. The van der Waals surface area contributed by atoms with Crippen LogP contribution in [0.3, 0.4) is 0 Å². The Morgan fingerprint density at radius 2 is 2.06 bits per heavy atom. The first kappa shape index (κ1) is 10.9. The molecule has 0 aliphatic rings. The maximum Gasteiger partial charge on any atom is 0.132 e. The summed E-state index contributed by atoms with van der Waals surface area (Å²) in [6.45, 7) is 2.12. The van der Waals surface area contributed by atoms with E-state index in [1.54, 1.807) is 30.5 Å². The Labute approximate surface area is 93.7 Å². The van der Waals surface area contributed by atoms with Gasteiger partial charge in [0.1, 0.15) is 17.7 Å². The predicted molar refractivity (Wildman–Crippen MR) is 58.3 cm³/mol. The maximum atomic E-state index is 13.3. The second-order valence-corrected chi connectivity index (χ2v) is 3.56. The van der Waals surface area contributed by atoms with E-state index in [1.807, 2.05) is 13.0 Å². The third-order valence-corrected chi connectivity index (χ3v) is 2.39. The summed E-state index contributed by atoms with van der Waals surface area (Å²) in [6, 6.07) is 10.2.